The van der Waals surface area contributed by atoms with Gasteiger partial charge in [-0.2, -0.15) is 5.10 Å². The number of hydrogen-bond donors (Lipinski definition) is 2. The second kappa shape index (κ2) is 8.17. The Labute approximate surface area is 127 Å². The number of nitrogens with zero attached hydrogens (tertiary/aromatic N) is 2. The Morgan fingerprint density at radius 3 is 2.57 bits per heavy atom. The zero-order valence-corrected chi connectivity index (χ0v) is 13.9. The average molecular weight is 295 g/mol. The lowest BCUT2D eigenvalue weighted by Crippen LogP contribution is -2.35. The van der Waals surface area contributed by atoms with Gasteiger partial charge in [-0.25, -0.2) is 0 Å². The number of carbonyl (C=O) groups is 1. The van der Waals surface area contributed by atoms with Gasteiger partial charge in [0.05, 0.1) is 23.6 Å². The molecule has 0 aliphatic heterocycles. The summed E-state index contributed by atoms with van der Waals surface area (Å²) in [5, 5.41) is 17.1. The first-order valence-electron chi connectivity index (χ1n) is 7.91. The van der Waals surface area contributed by atoms with Crippen LogP contribution in [0.3, 0.4) is 0 Å². The minimum absolute atomic E-state index is 0.149. The van der Waals surface area contributed by atoms with Crippen LogP contribution >= 0.6 is 0 Å². The van der Waals surface area contributed by atoms with Gasteiger partial charge in [0.25, 0.3) is 5.91 Å². The number of aliphatic hydroxyl groups is 1. The molecule has 120 valence electrons. The molecule has 2 N–H and O–H groups in total. The molecule has 0 spiro atoms. The summed E-state index contributed by atoms with van der Waals surface area (Å²) in [4.78, 5) is 12.3. The van der Waals surface area contributed by atoms with E-state index in [0.29, 0.717) is 11.5 Å². The maximum absolute atomic E-state index is 12.3. The number of rotatable bonds is 8. The van der Waals surface area contributed by atoms with Crippen LogP contribution in [0.5, 0.6) is 0 Å². The molecule has 2 atom stereocenters. The van der Waals surface area contributed by atoms with E-state index in [4.69, 9.17) is 0 Å². The van der Waals surface area contributed by atoms with Gasteiger partial charge in [-0.1, -0.05) is 41.0 Å². The standard InChI is InChI=1S/C16H29N3O2/c1-6-12(5)15(20)9-17-16(21)13-8-18-19(10-11(3)4)14(13)7-2/h8,11-12,15,20H,6-7,9-10H2,1-5H3,(H,17,21). The predicted molar refractivity (Wildman–Crippen MR) is 84.2 cm³/mol. The fourth-order valence-corrected chi connectivity index (χ4v) is 2.24. The van der Waals surface area contributed by atoms with Gasteiger partial charge in [-0.05, 0) is 18.3 Å². The largest absolute Gasteiger partial charge is 0.391 e. The third-order valence-electron chi connectivity index (χ3n) is 3.84. The average Bonchev–Trinajstić information content (AvgIpc) is 2.85. The third-order valence-corrected chi connectivity index (χ3v) is 3.84. The van der Waals surface area contributed by atoms with E-state index in [9.17, 15) is 9.90 Å². The molecule has 1 heterocycles. The van der Waals surface area contributed by atoms with E-state index in [1.54, 1.807) is 6.20 Å². The van der Waals surface area contributed by atoms with E-state index in [0.717, 1.165) is 25.1 Å². The van der Waals surface area contributed by atoms with Crippen LogP contribution < -0.4 is 5.32 Å². The van der Waals surface area contributed by atoms with Crippen LogP contribution in [-0.4, -0.2) is 33.4 Å². The molecule has 0 aliphatic rings. The first kappa shape index (κ1) is 17.7. The van der Waals surface area contributed by atoms with Gasteiger partial charge in [-0.15, -0.1) is 0 Å². The Kier molecular flexibility index (Phi) is 6.89. The van der Waals surface area contributed by atoms with E-state index >= 15 is 0 Å². The molecule has 5 nitrogen and oxygen atoms in total. The summed E-state index contributed by atoms with van der Waals surface area (Å²) in [5.41, 5.74) is 1.58. The number of nitrogens with one attached hydrogen (secondary N) is 1. The van der Waals surface area contributed by atoms with Crippen molar-refractivity contribution in [2.75, 3.05) is 6.54 Å². The second-order valence-electron chi connectivity index (χ2n) is 6.10. The van der Waals surface area contributed by atoms with Crippen LogP contribution in [0.4, 0.5) is 0 Å². The van der Waals surface area contributed by atoms with Crippen LogP contribution in [-0.2, 0) is 13.0 Å². The number of hydrogen-bond acceptors (Lipinski definition) is 3. The lowest BCUT2D eigenvalue weighted by atomic mass is 10.0. The van der Waals surface area contributed by atoms with Gasteiger partial charge in [0, 0.05) is 13.1 Å². The van der Waals surface area contributed by atoms with Crippen LogP contribution in [0.1, 0.15) is 57.1 Å². The Morgan fingerprint density at radius 2 is 2.05 bits per heavy atom. The highest BCUT2D eigenvalue weighted by Crippen LogP contribution is 2.12. The first-order valence-corrected chi connectivity index (χ1v) is 7.91. The van der Waals surface area contributed by atoms with Crippen LogP contribution in [0.25, 0.3) is 0 Å². The molecule has 1 aromatic rings. The Morgan fingerprint density at radius 1 is 1.38 bits per heavy atom. The molecule has 0 aliphatic carbocycles. The molecular weight excluding hydrogens is 266 g/mol. The highest BCUT2D eigenvalue weighted by atomic mass is 16.3. The fourth-order valence-electron chi connectivity index (χ4n) is 2.24. The van der Waals surface area contributed by atoms with Crippen molar-refractivity contribution in [2.45, 2.75) is 60.1 Å². The van der Waals surface area contributed by atoms with Crippen molar-refractivity contribution in [1.29, 1.82) is 0 Å². The maximum Gasteiger partial charge on any atom is 0.254 e. The van der Waals surface area contributed by atoms with Crippen molar-refractivity contribution in [2.24, 2.45) is 11.8 Å². The van der Waals surface area contributed by atoms with Crippen LogP contribution in [0, 0.1) is 11.8 Å². The summed E-state index contributed by atoms with van der Waals surface area (Å²) in [6.07, 6.45) is 2.79. The summed E-state index contributed by atoms with van der Waals surface area (Å²) in [7, 11) is 0. The third kappa shape index (κ3) is 4.84. The zero-order chi connectivity index (χ0) is 16.0. The number of carbonyl (C=O) groups excluding carboxylic acids is 1. The maximum atomic E-state index is 12.3. The van der Waals surface area contributed by atoms with Crippen LogP contribution in [0.15, 0.2) is 6.20 Å². The SMILES string of the molecule is CCc1c(C(=O)NCC(O)C(C)CC)cnn1CC(C)C. The van der Waals surface area contributed by atoms with Gasteiger partial charge >= 0.3 is 0 Å². The van der Waals surface area contributed by atoms with Gasteiger partial charge in [0.1, 0.15) is 0 Å². The smallest absolute Gasteiger partial charge is 0.254 e. The molecule has 0 fully saturated rings. The minimum atomic E-state index is -0.505. The Balaban J connectivity index is 2.72. The molecule has 5 heteroatoms. The summed E-state index contributed by atoms with van der Waals surface area (Å²) < 4.78 is 1.91. The molecule has 0 radical (unpaired) electrons. The molecule has 0 bridgehead atoms. The molecule has 2 unspecified atom stereocenters. The molecule has 1 rings (SSSR count). The fraction of sp³-hybridized carbons (Fsp3) is 0.750. The number of aliphatic hydroxyl groups excluding tert-OH is 1. The highest BCUT2D eigenvalue weighted by Gasteiger charge is 2.18. The normalized spacial score (nSPS) is 14.2. The van der Waals surface area contributed by atoms with Gasteiger partial charge in [0.2, 0.25) is 0 Å². The second-order valence-corrected chi connectivity index (χ2v) is 6.10. The van der Waals surface area contributed by atoms with Crippen molar-refractivity contribution >= 4 is 5.91 Å². The van der Waals surface area contributed by atoms with Gasteiger partial charge in [0.15, 0.2) is 0 Å². The predicted octanol–water partition coefficient (Wildman–Crippen LogP) is 2.24. The molecular formula is C16H29N3O2. The summed E-state index contributed by atoms with van der Waals surface area (Å²) in [6.45, 7) is 11.4. The Bertz CT molecular complexity index is 454. The number of aromatic nitrogens is 2. The monoisotopic (exact) mass is 295 g/mol. The van der Waals surface area contributed by atoms with E-state index in [1.807, 2.05) is 25.5 Å². The molecule has 0 aromatic carbocycles. The van der Waals surface area contributed by atoms with E-state index in [2.05, 4.69) is 24.3 Å². The summed E-state index contributed by atoms with van der Waals surface area (Å²) in [5.74, 6) is 0.516. The quantitative estimate of drug-likeness (QED) is 0.773. The zero-order valence-electron chi connectivity index (χ0n) is 13.9. The molecule has 1 amide bonds. The topological polar surface area (TPSA) is 67.2 Å². The van der Waals surface area contributed by atoms with E-state index in [-0.39, 0.29) is 18.4 Å². The minimum Gasteiger partial charge on any atom is -0.391 e. The first-order chi connectivity index (χ1) is 9.90. The van der Waals surface area contributed by atoms with Crippen molar-refractivity contribution in [3.05, 3.63) is 17.5 Å². The highest BCUT2D eigenvalue weighted by molar-refractivity contribution is 5.95. The molecule has 0 saturated heterocycles. The number of amides is 1. The van der Waals surface area contributed by atoms with Crippen molar-refractivity contribution in [1.82, 2.24) is 15.1 Å². The summed E-state index contributed by atoms with van der Waals surface area (Å²) >= 11 is 0. The van der Waals surface area contributed by atoms with Gasteiger partial charge in [-0.3, -0.25) is 9.48 Å². The van der Waals surface area contributed by atoms with Crippen LogP contribution in [0.2, 0.25) is 0 Å². The van der Waals surface area contributed by atoms with E-state index < -0.39 is 6.10 Å². The molecule has 1 aromatic heterocycles. The molecule has 0 saturated carbocycles. The molecule has 21 heavy (non-hydrogen) atoms. The summed E-state index contributed by atoms with van der Waals surface area (Å²) in [6, 6.07) is 0. The van der Waals surface area contributed by atoms with Crippen molar-refractivity contribution in [3.8, 4) is 0 Å². The van der Waals surface area contributed by atoms with E-state index in [1.165, 1.54) is 0 Å². The van der Waals surface area contributed by atoms with Crippen molar-refractivity contribution in [3.63, 3.8) is 0 Å². The van der Waals surface area contributed by atoms with Crippen molar-refractivity contribution < 1.29 is 9.90 Å². The lowest BCUT2D eigenvalue weighted by molar-refractivity contribution is 0.0849. The lowest BCUT2D eigenvalue weighted by Gasteiger charge is -2.17. The van der Waals surface area contributed by atoms with Gasteiger partial charge < -0.3 is 10.4 Å². The Hall–Kier alpha value is -1.36.